The number of carbonyl (C=O) groups excluding carboxylic acids is 1. The van der Waals surface area contributed by atoms with E-state index in [1.807, 2.05) is 24.3 Å². The summed E-state index contributed by atoms with van der Waals surface area (Å²) in [5.74, 6) is 0.200. The SMILES string of the molecule is CCNCc1ccccc1NC(=O)C1CCCN(Cc2ccccc2)C1. The van der Waals surface area contributed by atoms with Crippen molar-refractivity contribution >= 4 is 11.6 Å². The summed E-state index contributed by atoms with van der Waals surface area (Å²) in [7, 11) is 0. The van der Waals surface area contributed by atoms with Crippen LogP contribution in [0.4, 0.5) is 5.69 Å². The number of anilines is 1. The van der Waals surface area contributed by atoms with Crippen LogP contribution in [0.3, 0.4) is 0 Å². The van der Waals surface area contributed by atoms with Crippen molar-refractivity contribution in [2.75, 3.05) is 25.0 Å². The van der Waals surface area contributed by atoms with Crippen LogP contribution in [-0.2, 0) is 17.9 Å². The van der Waals surface area contributed by atoms with Gasteiger partial charge in [-0.15, -0.1) is 0 Å². The average molecular weight is 351 g/mol. The van der Waals surface area contributed by atoms with Crippen LogP contribution >= 0.6 is 0 Å². The Bertz CT molecular complexity index is 702. The molecule has 1 aliphatic rings. The molecule has 0 aromatic heterocycles. The van der Waals surface area contributed by atoms with E-state index in [9.17, 15) is 4.79 Å². The van der Waals surface area contributed by atoms with Crippen molar-refractivity contribution in [1.29, 1.82) is 0 Å². The summed E-state index contributed by atoms with van der Waals surface area (Å²) in [4.78, 5) is 15.2. The van der Waals surface area contributed by atoms with Gasteiger partial charge in [0, 0.05) is 25.3 Å². The normalized spacial score (nSPS) is 17.8. The van der Waals surface area contributed by atoms with Crippen molar-refractivity contribution < 1.29 is 4.79 Å². The molecule has 1 heterocycles. The number of para-hydroxylation sites is 1. The van der Waals surface area contributed by atoms with Gasteiger partial charge in [0.15, 0.2) is 0 Å². The number of nitrogens with one attached hydrogen (secondary N) is 2. The maximum Gasteiger partial charge on any atom is 0.228 e. The number of likely N-dealkylation sites (tertiary alicyclic amines) is 1. The summed E-state index contributed by atoms with van der Waals surface area (Å²) >= 11 is 0. The summed E-state index contributed by atoms with van der Waals surface area (Å²) in [6.07, 6.45) is 2.04. The molecule has 1 unspecified atom stereocenters. The molecule has 4 nitrogen and oxygen atoms in total. The molecule has 3 rings (SSSR count). The molecule has 2 aromatic rings. The van der Waals surface area contributed by atoms with Gasteiger partial charge in [0.25, 0.3) is 0 Å². The number of piperidine rings is 1. The largest absolute Gasteiger partial charge is 0.326 e. The first-order valence-corrected chi connectivity index (χ1v) is 9.62. The summed E-state index contributed by atoms with van der Waals surface area (Å²) in [6.45, 7) is 6.59. The van der Waals surface area contributed by atoms with Crippen molar-refractivity contribution in [1.82, 2.24) is 10.2 Å². The third kappa shape index (κ3) is 5.16. The number of nitrogens with zero attached hydrogens (tertiary/aromatic N) is 1. The van der Waals surface area contributed by atoms with E-state index in [1.165, 1.54) is 5.56 Å². The molecule has 0 aliphatic carbocycles. The maximum atomic E-state index is 12.8. The van der Waals surface area contributed by atoms with Gasteiger partial charge in [0.2, 0.25) is 5.91 Å². The lowest BCUT2D eigenvalue weighted by Gasteiger charge is -2.32. The molecule has 2 N–H and O–H groups in total. The van der Waals surface area contributed by atoms with E-state index in [0.29, 0.717) is 0 Å². The van der Waals surface area contributed by atoms with Crippen molar-refractivity contribution in [2.45, 2.75) is 32.9 Å². The van der Waals surface area contributed by atoms with E-state index >= 15 is 0 Å². The van der Waals surface area contributed by atoms with Gasteiger partial charge in [-0.05, 0) is 43.1 Å². The molecule has 0 spiro atoms. The summed E-state index contributed by atoms with van der Waals surface area (Å²) in [5.41, 5.74) is 3.38. The predicted octanol–water partition coefficient (Wildman–Crippen LogP) is 3.65. The third-order valence-electron chi connectivity index (χ3n) is 4.97. The highest BCUT2D eigenvalue weighted by molar-refractivity contribution is 5.93. The molecule has 1 aliphatic heterocycles. The first-order chi connectivity index (χ1) is 12.8. The highest BCUT2D eigenvalue weighted by Gasteiger charge is 2.26. The fourth-order valence-corrected chi connectivity index (χ4v) is 3.55. The fourth-order valence-electron chi connectivity index (χ4n) is 3.55. The van der Waals surface area contributed by atoms with Crippen LogP contribution in [0.2, 0.25) is 0 Å². The Morgan fingerprint density at radius 3 is 2.69 bits per heavy atom. The molecule has 138 valence electrons. The Hall–Kier alpha value is -2.17. The van der Waals surface area contributed by atoms with Crippen molar-refractivity contribution in [2.24, 2.45) is 5.92 Å². The van der Waals surface area contributed by atoms with Crippen LogP contribution < -0.4 is 10.6 Å². The first kappa shape index (κ1) is 18.6. The molecule has 4 heteroatoms. The minimum atomic E-state index is 0.0552. The highest BCUT2D eigenvalue weighted by Crippen LogP contribution is 2.22. The summed E-state index contributed by atoms with van der Waals surface area (Å²) in [6, 6.07) is 18.6. The summed E-state index contributed by atoms with van der Waals surface area (Å²) in [5, 5.41) is 6.50. The van der Waals surface area contributed by atoms with Gasteiger partial charge in [0.1, 0.15) is 0 Å². The van der Waals surface area contributed by atoms with E-state index in [1.54, 1.807) is 0 Å². The van der Waals surface area contributed by atoms with E-state index in [-0.39, 0.29) is 11.8 Å². The van der Waals surface area contributed by atoms with Crippen molar-refractivity contribution in [3.63, 3.8) is 0 Å². The topological polar surface area (TPSA) is 44.4 Å². The second-order valence-electron chi connectivity index (χ2n) is 6.99. The Morgan fingerprint density at radius 2 is 1.88 bits per heavy atom. The minimum absolute atomic E-state index is 0.0552. The number of benzene rings is 2. The lowest BCUT2D eigenvalue weighted by Crippen LogP contribution is -2.40. The number of rotatable bonds is 7. The van der Waals surface area contributed by atoms with E-state index in [2.05, 4.69) is 52.8 Å². The van der Waals surface area contributed by atoms with Crippen LogP contribution in [0.1, 0.15) is 30.9 Å². The maximum absolute atomic E-state index is 12.8. The monoisotopic (exact) mass is 351 g/mol. The number of amides is 1. The molecule has 0 saturated carbocycles. The number of hydrogen-bond acceptors (Lipinski definition) is 3. The van der Waals surface area contributed by atoms with Gasteiger partial charge in [-0.1, -0.05) is 55.5 Å². The van der Waals surface area contributed by atoms with Gasteiger partial charge in [-0.3, -0.25) is 9.69 Å². The minimum Gasteiger partial charge on any atom is -0.326 e. The smallest absolute Gasteiger partial charge is 0.228 e. The highest BCUT2D eigenvalue weighted by atomic mass is 16.1. The van der Waals surface area contributed by atoms with E-state index < -0.39 is 0 Å². The van der Waals surface area contributed by atoms with Crippen LogP contribution in [0, 0.1) is 5.92 Å². The average Bonchev–Trinajstić information content (AvgIpc) is 2.68. The van der Waals surface area contributed by atoms with E-state index in [0.717, 1.165) is 56.8 Å². The Balaban J connectivity index is 1.59. The van der Waals surface area contributed by atoms with E-state index in [4.69, 9.17) is 0 Å². The Morgan fingerprint density at radius 1 is 1.12 bits per heavy atom. The Labute approximate surface area is 156 Å². The quantitative estimate of drug-likeness (QED) is 0.800. The number of carbonyl (C=O) groups is 1. The van der Waals surface area contributed by atoms with Crippen LogP contribution in [-0.4, -0.2) is 30.4 Å². The lowest BCUT2D eigenvalue weighted by atomic mass is 9.96. The van der Waals surface area contributed by atoms with Crippen LogP contribution in [0.5, 0.6) is 0 Å². The van der Waals surface area contributed by atoms with Gasteiger partial charge in [-0.2, -0.15) is 0 Å². The zero-order valence-electron chi connectivity index (χ0n) is 15.6. The lowest BCUT2D eigenvalue weighted by molar-refractivity contribution is -0.121. The van der Waals surface area contributed by atoms with Gasteiger partial charge in [0.05, 0.1) is 5.92 Å². The second kappa shape index (κ2) is 9.51. The zero-order valence-corrected chi connectivity index (χ0v) is 15.6. The van der Waals surface area contributed by atoms with Gasteiger partial charge < -0.3 is 10.6 Å². The van der Waals surface area contributed by atoms with Crippen molar-refractivity contribution in [3.8, 4) is 0 Å². The molecule has 2 aromatic carbocycles. The molecular weight excluding hydrogens is 322 g/mol. The predicted molar refractivity (Wildman–Crippen MR) is 107 cm³/mol. The first-order valence-electron chi connectivity index (χ1n) is 9.62. The number of hydrogen-bond donors (Lipinski definition) is 2. The molecule has 26 heavy (non-hydrogen) atoms. The van der Waals surface area contributed by atoms with Crippen LogP contribution in [0.15, 0.2) is 54.6 Å². The van der Waals surface area contributed by atoms with Crippen molar-refractivity contribution in [3.05, 3.63) is 65.7 Å². The second-order valence-corrected chi connectivity index (χ2v) is 6.99. The zero-order chi connectivity index (χ0) is 18.2. The molecular formula is C22H29N3O. The molecule has 0 radical (unpaired) electrons. The molecule has 0 bridgehead atoms. The third-order valence-corrected chi connectivity index (χ3v) is 4.97. The molecule has 1 amide bonds. The standard InChI is InChI=1S/C22H29N3O/c1-2-23-15-19-11-6-7-13-21(19)24-22(26)20-12-8-14-25(17-20)16-18-9-4-3-5-10-18/h3-7,9-11,13,20,23H,2,8,12,14-17H2,1H3,(H,24,26). The molecule has 1 fully saturated rings. The van der Waals surface area contributed by atoms with Crippen LogP contribution in [0.25, 0.3) is 0 Å². The van der Waals surface area contributed by atoms with Gasteiger partial charge >= 0.3 is 0 Å². The van der Waals surface area contributed by atoms with Gasteiger partial charge in [-0.25, -0.2) is 0 Å². The molecule has 1 saturated heterocycles. The fraction of sp³-hybridized carbons (Fsp3) is 0.409. The summed E-state index contributed by atoms with van der Waals surface area (Å²) < 4.78 is 0. The Kier molecular flexibility index (Phi) is 6.81. The molecule has 1 atom stereocenters.